The highest BCUT2D eigenvalue weighted by molar-refractivity contribution is 7.89. The molecule has 0 radical (unpaired) electrons. The number of carbonyl (C=O) groups excluding carboxylic acids is 1. The van der Waals surface area contributed by atoms with Gasteiger partial charge in [0.2, 0.25) is 15.3 Å². The Hall–Kier alpha value is -0.620. The molecule has 0 aliphatic heterocycles. The molecule has 0 atom stereocenters. The monoisotopic (exact) mass is 281 g/mol. The topological polar surface area (TPSA) is 63.2 Å². The minimum Gasteiger partial charge on any atom is -0.280 e. The van der Waals surface area contributed by atoms with E-state index in [9.17, 15) is 13.2 Å². The van der Waals surface area contributed by atoms with E-state index >= 15 is 0 Å². The molecule has 0 aromatic heterocycles. The first-order valence-electron chi connectivity index (χ1n) is 4.27. The van der Waals surface area contributed by atoms with Crippen LogP contribution < -0.4 is 4.72 Å². The Balaban J connectivity index is 2.99. The van der Waals surface area contributed by atoms with Crippen molar-refractivity contribution in [3.05, 3.63) is 28.8 Å². The van der Waals surface area contributed by atoms with Crippen molar-refractivity contribution >= 4 is 38.5 Å². The first-order valence-corrected chi connectivity index (χ1v) is 6.51. The number of aryl methyl sites for hydroxylation is 1. The standard InChI is InChI=1S/C9H9Cl2NO3S/c1-6-4-7(2-3-8(6)10)16(14,15)12-5-9(11)13/h2-4,12H,5H2,1H3. The summed E-state index contributed by atoms with van der Waals surface area (Å²) in [5, 5.41) is -0.290. The Labute approximate surface area is 104 Å². The third-order valence-electron chi connectivity index (χ3n) is 1.84. The van der Waals surface area contributed by atoms with Gasteiger partial charge in [-0.3, -0.25) is 4.79 Å². The van der Waals surface area contributed by atoms with E-state index in [2.05, 4.69) is 4.72 Å². The van der Waals surface area contributed by atoms with E-state index in [1.165, 1.54) is 18.2 Å². The molecule has 1 aromatic carbocycles. The molecular weight excluding hydrogens is 273 g/mol. The summed E-state index contributed by atoms with van der Waals surface area (Å²) in [6, 6.07) is 4.26. The number of sulfonamides is 1. The zero-order valence-corrected chi connectivity index (χ0v) is 10.7. The van der Waals surface area contributed by atoms with E-state index in [0.717, 1.165) is 0 Å². The van der Waals surface area contributed by atoms with Gasteiger partial charge in [0.25, 0.3) is 0 Å². The van der Waals surface area contributed by atoms with Crippen molar-refractivity contribution in [1.29, 1.82) is 0 Å². The van der Waals surface area contributed by atoms with Gasteiger partial charge < -0.3 is 0 Å². The van der Waals surface area contributed by atoms with E-state index in [4.69, 9.17) is 23.2 Å². The molecule has 0 saturated carbocycles. The predicted molar refractivity (Wildman–Crippen MR) is 62.2 cm³/mol. The Kier molecular flexibility index (Phi) is 4.32. The number of benzene rings is 1. The summed E-state index contributed by atoms with van der Waals surface area (Å²) in [7, 11) is -3.71. The van der Waals surface area contributed by atoms with Crippen molar-refractivity contribution in [3.8, 4) is 0 Å². The molecule has 0 aliphatic rings. The van der Waals surface area contributed by atoms with Gasteiger partial charge >= 0.3 is 0 Å². The molecule has 88 valence electrons. The van der Waals surface area contributed by atoms with Crippen LogP contribution in [0, 0.1) is 6.92 Å². The number of hydrogen-bond donors (Lipinski definition) is 1. The highest BCUT2D eigenvalue weighted by atomic mass is 35.5. The molecule has 0 heterocycles. The molecular formula is C9H9Cl2NO3S. The Morgan fingerprint density at radius 1 is 1.44 bits per heavy atom. The van der Waals surface area contributed by atoms with Gasteiger partial charge in [0.1, 0.15) is 0 Å². The van der Waals surface area contributed by atoms with Crippen molar-refractivity contribution in [2.24, 2.45) is 0 Å². The molecule has 4 nitrogen and oxygen atoms in total. The van der Waals surface area contributed by atoms with Crippen LogP contribution in [0.5, 0.6) is 0 Å². The molecule has 0 amide bonds. The maximum Gasteiger partial charge on any atom is 0.241 e. The number of carbonyl (C=O) groups is 1. The van der Waals surface area contributed by atoms with E-state index in [-0.39, 0.29) is 4.90 Å². The van der Waals surface area contributed by atoms with Gasteiger partial charge in [0.05, 0.1) is 11.4 Å². The van der Waals surface area contributed by atoms with Crippen molar-refractivity contribution in [1.82, 2.24) is 4.72 Å². The lowest BCUT2D eigenvalue weighted by atomic mass is 10.2. The summed E-state index contributed by atoms with van der Waals surface area (Å²) < 4.78 is 25.3. The van der Waals surface area contributed by atoms with Gasteiger partial charge in [0, 0.05) is 5.02 Å². The van der Waals surface area contributed by atoms with E-state index < -0.39 is 21.8 Å². The van der Waals surface area contributed by atoms with Crippen LogP contribution in [0.25, 0.3) is 0 Å². The number of nitrogens with one attached hydrogen (secondary N) is 1. The largest absolute Gasteiger partial charge is 0.280 e. The fraction of sp³-hybridized carbons (Fsp3) is 0.222. The molecule has 1 N–H and O–H groups in total. The number of halogens is 2. The SMILES string of the molecule is Cc1cc(S(=O)(=O)NCC(=O)Cl)ccc1Cl. The van der Waals surface area contributed by atoms with Crippen LogP contribution in [0.3, 0.4) is 0 Å². The molecule has 0 fully saturated rings. The van der Waals surface area contributed by atoms with Crippen molar-refractivity contribution in [2.75, 3.05) is 6.54 Å². The van der Waals surface area contributed by atoms with Crippen molar-refractivity contribution in [2.45, 2.75) is 11.8 Å². The average molecular weight is 282 g/mol. The minimum atomic E-state index is -3.71. The van der Waals surface area contributed by atoms with E-state index in [1.807, 2.05) is 0 Å². The second-order valence-electron chi connectivity index (χ2n) is 3.09. The lowest BCUT2D eigenvalue weighted by Gasteiger charge is -2.06. The molecule has 0 saturated heterocycles. The number of rotatable bonds is 4. The highest BCUT2D eigenvalue weighted by Gasteiger charge is 2.15. The van der Waals surface area contributed by atoms with Crippen LogP contribution in [0.4, 0.5) is 0 Å². The van der Waals surface area contributed by atoms with Gasteiger partial charge in [-0.1, -0.05) is 11.6 Å². The fourth-order valence-electron chi connectivity index (χ4n) is 1.02. The van der Waals surface area contributed by atoms with Gasteiger partial charge in [0.15, 0.2) is 0 Å². The van der Waals surface area contributed by atoms with Crippen LogP contribution in [0.1, 0.15) is 5.56 Å². The van der Waals surface area contributed by atoms with Crippen LogP contribution >= 0.6 is 23.2 Å². The summed E-state index contributed by atoms with van der Waals surface area (Å²) in [4.78, 5) is 10.5. The third kappa shape index (κ3) is 3.45. The zero-order valence-electron chi connectivity index (χ0n) is 8.33. The quantitative estimate of drug-likeness (QED) is 0.855. The molecule has 0 aliphatic carbocycles. The first-order chi connectivity index (χ1) is 7.33. The maximum atomic E-state index is 11.6. The van der Waals surface area contributed by atoms with Crippen LogP contribution in [-0.2, 0) is 14.8 Å². The Morgan fingerprint density at radius 2 is 2.06 bits per heavy atom. The molecule has 1 aromatic rings. The smallest absolute Gasteiger partial charge is 0.241 e. The molecule has 0 spiro atoms. The van der Waals surface area contributed by atoms with Crippen LogP contribution in [0.2, 0.25) is 5.02 Å². The van der Waals surface area contributed by atoms with Gasteiger partial charge in [-0.15, -0.1) is 0 Å². The second kappa shape index (κ2) is 5.14. The molecule has 1 rings (SSSR count). The van der Waals surface area contributed by atoms with Crippen molar-refractivity contribution < 1.29 is 13.2 Å². The number of hydrogen-bond acceptors (Lipinski definition) is 3. The second-order valence-corrected chi connectivity index (χ2v) is 5.69. The highest BCUT2D eigenvalue weighted by Crippen LogP contribution is 2.19. The van der Waals surface area contributed by atoms with E-state index in [1.54, 1.807) is 6.92 Å². The van der Waals surface area contributed by atoms with Crippen LogP contribution in [0.15, 0.2) is 23.1 Å². The average Bonchev–Trinajstić information content (AvgIpc) is 2.19. The van der Waals surface area contributed by atoms with Crippen LogP contribution in [-0.4, -0.2) is 20.2 Å². The first kappa shape index (κ1) is 13.4. The summed E-state index contributed by atoms with van der Waals surface area (Å²) in [6.07, 6.45) is 0. The van der Waals surface area contributed by atoms with Gasteiger partial charge in [-0.25, -0.2) is 13.1 Å². The van der Waals surface area contributed by atoms with E-state index in [0.29, 0.717) is 10.6 Å². The normalized spacial score (nSPS) is 11.4. The molecule has 0 unspecified atom stereocenters. The third-order valence-corrected chi connectivity index (χ3v) is 3.80. The van der Waals surface area contributed by atoms with Gasteiger partial charge in [-0.2, -0.15) is 0 Å². The van der Waals surface area contributed by atoms with Crippen molar-refractivity contribution in [3.63, 3.8) is 0 Å². The fourth-order valence-corrected chi connectivity index (χ4v) is 2.35. The lowest BCUT2D eigenvalue weighted by Crippen LogP contribution is -2.27. The summed E-state index contributed by atoms with van der Waals surface area (Å²) in [5.41, 5.74) is 0.641. The van der Waals surface area contributed by atoms with Gasteiger partial charge in [-0.05, 0) is 42.3 Å². The Morgan fingerprint density at radius 3 is 2.56 bits per heavy atom. The summed E-state index contributed by atoms with van der Waals surface area (Å²) in [5.74, 6) is 0. The lowest BCUT2D eigenvalue weighted by molar-refractivity contribution is -0.110. The maximum absolute atomic E-state index is 11.6. The summed E-state index contributed by atoms with van der Waals surface area (Å²) >= 11 is 10.8. The molecule has 0 bridgehead atoms. The predicted octanol–water partition coefficient (Wildman–Crippen LogP) is 1.69. The molecule has 16 heavy (non-hydrogen) atoms. The molecule has 7 heteroatoms. The Bertz CT molecular complexity index is 513. The zero-order chi connectivity index (χ0) is 12.3. The summed E-state index contributed by atoms with van der Waals surface area (Å²) in [6.45, 7) is 1.25. The minimum absolute atomic E-state index is 0.0484.